The van der Waals surface area contributed by atoms with Crippen LogP contribution in [0.25, 0.3) is 0 Å². The zero-order valence-corrected chi connectivity index (χ0v) is 8.12. The lowest BCUT2D eigenvalue weighted by atomic mass is 9.88. The van der Waals surface area contributed by atoms with Crippen molar-refractivity contribution >= 4 is 5.91 Å². The number of nitrogens with one attached hydrogen (secondary N) is 1. The van der Waals surface area contributed by atoms with Gasteiger partial charge in [0.15, 0.2) is 0 Å². The minimum absolute atomic E-state index is 0.165. The Morgan fingerprint density at radius 3 is 2.64 bits per heavy atom. The van der Waals surface area contributed by atoms with E-state index in [0.717, 1.165) is 0 Å². The number of carbonyl (C=O) groups excluding carboxylic acids is 1. The fourth-order valence-electron chi connectivity index (χ4n) is 2.03. The van der Waals surface area contributed by atoms with Crippen molar-refractivity contribution in [1.82, 2.24) is 10.4 Å². The molecule has 5 nitrogen and oxygen atoms in total. The largest absolute Gasteiger partial charge is 0.510 e. The van der Waals surface area contributed by atoms with E-state index in [4.69, 9.17) is 4.84 Å². The van der Waals surface area contributed by atoms with Gasteiger partial charge in [-0.1, -0.05) is 0 Å². The topological polar surface area (TPSA) is 61.8 Å². The minimum Gasteiger partial charge on any atom is -0.510 e. The SMILES string of the molecule is CON1CCC2(CC1)NC(=O)C=C2O. The summed E-state index contributed by atoms with van der Waals surface area (Å²) >= 11 is 0. The van der Waals surface area contributed by atoms with Crippen molar-refractivity contribution < 1.29 is 14.7 Å². The number of aliphatic hydroxyl groups excluding tert-OH is 1. The van der Waals surface area contributed by atoms with E-state index in [1.165, 1.54) is 6.08 Å². The molecule has 0 radical (unpaired) electrons. The molecule has 0 saturated carbocycles. The summed E-state index contributed by atoms with van der Waals surface area (Å²) in [4.78, 5) is 16.2. The van der Waals surface area contributed by atoms with Crippen LogP contribution in [0.5, 0.6) is 0 Å². The summed E-state index contributed by atoms with van der Waals surface area (Å²) in [5.41, 5.74) is -0.522. The van der Waals surface area contributed by atoms with Gasteiger partial charge in [0.1, 0.15) is 11.3 Å². The van der Waals surface area contributed by atoms with Gasteiger partial charge in [-0.25, -0.2) is 0 Å². The van der Waals surface area contributed by atoms with E-state index in [9.17, 15) is 9.90 Å². The first kappa shape index (κ1) is 9.48. The molecule has 0 aromatic heterocycles. The summed E-state index contributed by atoms with van der Waals surface area (Å²) in [6.45, 7) is 1.43. The van der Waals surface area contributed by atoms with Crippen LogP contribution < -0.4 is 5.32 Å². The number of hydrogen-bond donors (Lipinski definition) is 2. The number of aliphatic hydroxyl groups is 1. The first-order chi connectivity index (χ1) is 6.66. The molecule has 2 aliphatic rings. The molecule has 2 N–H and O–H groups in total. The monoisotopic (exact) mass is 198 g/mol. The first-order valence-electron chi connectivity index (χ1n) is 4.69. The predicted molar refractivity (Wildman–Crippen MR) is 49.4 cm³/mol. The van der Waals surface area contributed by atoms with Crippen LogP contribution in [0.3, 0.4) is 0 Å². The average molecular weight is 198 g/mol. The number of piperidine rings is 1. The maximum Gasteiger partial charge on any atom is 0.248 e. The number of hydrogen-bond acceptors (Lipinski definition) is 4. The molecule has 0 aromatic carbocycles. The van der Waals surface area contributed by atoms with E-state index in [1.807, 2.05) is 5.06 Å². The van der Waals surface area contributed by atoms with E-state index in [0.29, 0.717) is 25.9 Å². The normalized spacial score (nSPS) is 26.4. The molecule has 1 amide bonds. The van der Waals surface area contributed by atoms with Crippen molar-refractivity contribution in [3.05, 3.63) is 11.8 Å². The maximum atomic E-state index is 11.1. The highest BCUT2D eigenvalue weighted by Gasteiger charge is 2.43. The van der Waals surface area contributed by atoms with Gasteiger partial charge in [0.2, 0.25) is 5.91 Å². The van der Waals surface area contributed by atoms with Crippen molar-refractivity contribution in [3.63, 3.8) is 0 Å². The zero-order valence-electron chi connectivity index (χ0n) is 8.12. The molecule has 14 heavy (non-hydrogen) atoms. The average Bonchev–Trinajstić information content (AvgIpc) is 2.43. The molecule has 2 aliphatic heterocycles. The quantitative estimate of drug-likeness (QED) is 0.620. The molecular formula is C9H14N2O3. The number of hydroxylamine groups is 2. The van der Waals surface area contributed by atoms with E-state index in [1.54, 1.807) is 7.11 Å². The molecule has 1 saturated heterocycles. The molecule has 2 rings (SSSR count). The number of amides is 1. The minimum atomic E-state index is -0.522. The lowest BCUT2D eigenvalue weighted by molar-refractivity contribution is -0.152. The van der Waals surface area contributed by atoms with Crippen LogP contribution in [0.15, 0.2) is 11.8 Å². The van der Waals surface area contributed by atoms with E-state index in [-0.39, 0.29) is 11.7 Å². The third-order valence-electron chi connectivity index (χ3n) is 2.95. The van der Waals surface area contributed by atoms with Crippen LogP contribution >= 0.6 is 0 Å². The second-order valence-electron chi connectivity index (χ2n) is 3.71. The highest BCUT2D eigenvalue weighted by molar-refractivity contribution is 5.92. The van der Waals surface area contributed by atoms with Gasteiger partial charge in [-0.3, -0.25) is 4.79 Å². The van der Waals surface area contributed by atoms with Crippen molar-refractivity contribution in [2.24, 2.45) is 0 Å². The zero-order chi connectivity index (χ0) is 10.2. The summed E-state index contributed by atoms with van der Waals surface area (Å²) in [5, 5.41) is 14.3. The third-order valence-corrected chi connectivity index (χ3v) is 2.95. The Balaban J connectivity index is 2.07. The Morgan fingerprint density at radius 1 is 1.57 bits per heavy atom. The molecule has 78 valence electrons. The highest BCUT2D eigenvalue weighted by Crippen LogP contribution is 2.31. The van der Waals surface area contributed by atoms with Gasteiger partial charge < -0.3 is 15.3 Å². The molecule has 5 heteroatoms. The Hall–Kier alpha value is -1.07. The van der Waals surface area contributed by atoms with Gasteiger partial charge in [0.25, 0.3) is 0 Å². The number of carbonyl (C=O) groups is 1. The fourth-order valence-corrected chi connectivity index (χ4v) is 2.03. The summed E-state index contributed by atoms with van der Waals surface area (Å²) in [7, 11) is 1.63. The number of rotatable bonds is 1. The molecule has 0 atom stereocenters. The Morgan fingerprint density at radius 2 is 2.21 bits per heavy atom. The molecular weight excluding hydrogens is 184 g/mol. The Kier molecular flexibility index (Phi) is 2.20. The predicted octanol–water partition coefficient (Wildman–Crippen LogP) is -0.0459. The van der Waals surface area contributed by atoms with Crippen LogP contribution in [0.4, 0.5) is 0 Å². The van der Waals surface area contributed by atoms with Gasteiger partial charge in [-0.15, -0.1) is 0 Å². The highest BCUT2D eigenvalue weighted by atomic mass is 16.7. The van der Waals surface area contributed by atoms with E-state index in [2.05, 4.69) is 5.32 Å². The molecule has 1 spiro atoms. The molecule has 2 heterocycles. The second kappa shape index (κ2) is 3.25. The lowest BCUT2D eigenvalue weighted by Crippen LogP contribution is -2.52. The first-order valence-corrected chi connectivity index (χ1v) is 4.69. The van der Waals surface area contributed by atoms with Crippen LogP contribution in [0.1, 0.15) is 12.8 Å². The smallest absolute Gasteiger partial charge is 0.248 e. The summed E-state index contributed by atoms with van der Waals surface area (Å²) in [6.07, 6.45) is 2.65. The molecule has 0 aliphatic carbocycles. The van der Waals surface area contributed by atoms with Gasteiger partial charge in [0.05, 0.1) is 7.11 Å². The van der Waals surface area contributed by atoms with Gasteiger partial charge in [-0.05, 0) is 12.8 Å². The molecule has 0 aromatic rings. The fraction of sp³-hybridized carbons (Fsp3) is 0.667. The summed E-state index contributed by atoms with van der Waals surface area (Å²) in [5.74, 6) is -0.0355. The van der Waals surface area contributed by atoms with Crippen LogP contribution in [-0.4, -0.2) is 41.8 Å². The summed E-state index contributed by atoms with van der Waals surface area (Å²) in [6, 6.07) is 0. The maximum absolute atomic E-state index is 11.1. The van der Waals surface area contributed by atoms with E-state index >= 15 is 0 Å². The molecule has 1 fully saturated rings. The summed E-state index contributed by atoms with van der Waals surface area (Å²) < 4.78 is 0. The Bertz CT molecular complexity index is 280. The van der Waals surface area contributed by atoms with E-state index < -0.39 is 5.54 Å². The van der Waals surface area contributed by atoms with Crippen LogP contribution in [0, 0.1) is 0 Å². The van der Waals surface area contributed by atoms with Crippen LogP contribution in [-0.2, 0) is 9.63 Å². The van der Waals surface area contributed by atoms with Crippen molar-refractivity contribution in [2.45, 2.75) is 18.4 Å². The van der Waals surface area contributed by atoms with Crippen molar-refractivity contribution in [1.29, 1.82) is 0 Å². The number of nitrogens with zero attached hydrogens (tertiary/aromatic N) is 1. The van der Waals surface area contributed by atoms with Gasteiger partial charge in [-0.2, -0.15) is 5.06 Å². The Labute approximate surface area is 82.3 Å². The lowest BCUT2D eigenvalue weighted by Gasteiger charge is -2.37. The molecule has 0 bridgehead atoms. The van der Waals surface area contributed by atoms with Crippen molar-refractivity contribution in [3.8, 4) is 0 Å². The van der Waals surface area contributed by atoms with Gasteiger partial charge >= 0.3 is 0 Å². The van der Waals surface area contributed by atoms with Crippen LogP contribution in [0.2, 0.25) is 0 Å². The third kappa shape index (κ3) is 1.38. The van der Waals surface area contributed by atoms with Gasteiger partial charge in [0, 0.05) is 19.2 Å². The second-order valence-corrected chi connectivity index (χ2v) is 3.71. The van der Waals surface area contributed by atoms with Crippen molar-refractivity contribution in [2.75, 3.05) is 20.2 Å². The molecule has 0 unspecified atom stereocenters. The standard InChI is InChI=1S/C9H14N2O3/c1-14-11-4-2-9(3-5-11)7(12)6-8(13)10-9/h6,12H,2-5H2,1H3,(H,10,13).